The molecule has 0 fully saturated rings. The number of hydrogen-bond donors (Lipinski definition) is 3. The van der Waals surface area contributed by atoms with Crippen molar-refractivity contribution in [1.82, 2.24) is 10.6 Å². The van der Waals surface area contributed by atoms with E-state index in [9.17, 15) is 9.90 Å². The average Bonchev–Trinajstić information content (AvgIpc) is 2.38. The molecule has 1 atom stereocenters. The zero-order valence-corrected chi connectivity index (χ0v) is 12.4. The van der Waals surface area contributed by atoms with Crippen molar-refractivity contribution in [1.29, 1.82) is 0 Å². The summed E-state index contributed by atoms with van der Waals surface area (Å²) in [7, 11) is 1.60. The summed E-state index contributed by atoms with van der Waals surface area (Å²) in [4.78, 5) is 11.5. The molecule has 0 saturated carbocycles. The maximum absolute atomic E-state index is 11.5. The minimum Gasteiger partial charge on any atom is -0.508 e. The highest BCUT2D eigenvalue weighted by atomic mass is 16.5. The number of rotatable bonds is 8. The maximum Gasteiger partial charge on any atom is 0.221 e. The van der Waals surface area contributed by atoms with Crippen LogP contribution in [0, 0.1) is 6.92 Å². The predicted octanol–water partition coefficient (Wildman–Crippen LogP) is 1.50. The number of methoxy groups -OCH3 is 1. The van der Waals surface area contributed by atoms with Gasteiger partial charge >= 0.3 is 0 Å². The predicted molar refractivity (Wildman–Crippen MR) is 78.8 cm³/mol. The number of nitrogens with one attached hydrogen (secondary N) is 2. The molecule has 0 bridgehead atoms. The summed E-state index contributed by atoms with van der Waals surface area (Å²) in [5, 5.41) is 15.9. The van der Waals surface area contributed by atoms with E-state index in [1.165, 1.54) is 0 Å². The molecule has 1 aromatic rings. The van der Waals surface area contributed by atoms with Gasteiger partial charge in [-0.15, -0.1) is 0 Å². The Morgan fingerprint density at radius 2 is 2.15 bits per heavy atom. The van der Waals surface area contributed by atoms with Crippen LogP contribution in [0.25, 0.3) is 0 Å². The standard InChI is InChI=1S/C15H24N2O3/c1-11-4-5-13(14(18)10-11)12(2)16-7-6-15(19)17-8-9-20-3/h4-5,10,12,16,18H,6-9H2,1-3H3,(H,17,19). The number of aromatic hydroxyl groups is 1. The van der Waals surface area contributed by atoms with Crippen LogP contribution in [0.3, 0.4) is 0 Å². The molecule has 0 aliphatic carbocycles. The quantitative estimate of drug-likeness (QED) is 0.631. The number of carbonyl (C=O) groups excluding carboxylic acids is 1. The summed E-state index contributed by atoms with van der Waals surface area (Å²) in [5.41, 5.74) is 1.87. The number of aryl methyl sites for hydroxylation is 1. The van der Waals surface area contributed by atoms with Gasteiger partial charge in [-0.3, -0.25) is 4.79 Å². The van der Waals surface area contributed by atoms with Crippen molar-refractivity contribution >= 4 is 5.91 Å². The Morgan fingerprint density at radius 3 is 2.80 bits per heavy atom. The molecule has 20 heavy (non-hydrogen) atoms. The first-order valence-electron chi connectivity index (χ1n) is 6.83. The SMILES string of the molecule is COCCNC(=O)CCNC(C)c1ccc(C)cc1O. The van der Waals surface area contributed by atoms with E-state index in [0.29, 0.717) is 26.1 Å². The molecule has 0 heterocycles. The molecule has 1 unspecified atom stereocenters. The number of amides is 1. The van der Waals surface area contributed by atoms with Gasteiger partial charge in [-0.2, -0.15) is 0 Å². The molecular formula is C15H24N2O3. The highest BCUT2D eigenvalue weighted by Crippen LogP contribution is 2.24. The molecule has 0 aromatic heterocycles. The average molecular weight is 280 g/mol. The van der Waals surface area contributed by atoms with Crippen molar-refractivity contribution in [2.45, 2.75) is 26.3 Å². The maximum atomic E-state index is 11.5. The zero-order valence-electron chi connectivity index (χ0n) is 12.4. The van der Waals surface area contributed by atoms with E-state index in [-0.39, 0.29) is 17.7 Å². The van der Waals surface area contributed by atoms with Gasteiger partial charge in [-0.1, -0.05) is 12.1 Å². The minimum absolute atomic E-state index is 0.00220. The first-order valence-corrected chi connectivity index (χ1v) is 6.83. The van der Waals surface area contributed by atoms with Gasteiger partial charge in [-0.05, 0) is 25.5 Å². The lowest BCUT2D eigenvalue weighted by Crippen LogP contribution is -2.30. The number of phenols is 1. The van der Waals surface area contributed by atoms with Crippen LogP contribution in [0.5, 0.6) is 5.75 Å². The largest absolute Gasteiger partial charge is 0.508 e. The number of benzene rings is 1. The monoisotopic (exact) mass is 280 g/mol. The van der Waals surface area contributed by atoms with Crippen molar-refractivity contribution in [3.8, 4) is 5.75 Å². The molecule has 1 amide bonds. The Balaban J connectivity index is 2.32. The Morgan fingerprint density at radius 1 is 1.40 bits per heavy atom. The van der Waals surface area contributed by atoms with E-state index in [0.717, 1.165) is 11.1 Å². The summed E-state index contributed by atoms with van der Waals surface area (Å²) in [6, 6.07) is 5.61. The van der Waals surface area contributed by atoms with E-state index >= 15 is 0 Å². The van der Waals surface area contributed by atoms with Gasteiger partial charge < -0.3 is 20.5 Å². The van der Waals surface area contributed by atoms with Crippen LogP contribution < -0.4 is 10.6 Å². The zero-order chi connectivity index (χ0) is 15.0. The number of carbonyl (C=O) groups is 1. The molecule has 0 aliphatic heterocycles. The third-order valence-electron chi connectivity index (χ3n) is 3.08. The molecule has 1 rings (SSSR count). The van der Waals surface area contributed by atoms with Crippen LogP contribution in [-0.4, -0.2) is 37.8 Å². The lowest BCUT2D eigenvalue weighted by atomic mass is 10.1. The molecule has 3 N–H and O–H groups in total. The van der Waals surface area contributed by atoms with Crippen LogP contribution >= 0.6 is 0 Å². The Kier molecular flexibility index (Phi) is 7.04. The topological polar surface area (TPSA) is 70.6 Å². The van der Waals surface area contributed by atoms with Crippen LogP contribution in [0.2, 0.25) is 0 Å². The number of phenolic OH excluding ortho intramolecular Hbond substituents is 1. The molecule has 0 radical (unpaired) electrons. The van der Waals surface area contributed by atoms with Crippen molar-refractivity contribution < 1.29 is 14.6 Å². The summed E-state index contributed by atoms with van der Waals surface area (Å²) < 4.78 is 4.86. The first kappa shape index (κ1) is 16.5. The lowest BCUT2D eigenvalue weighted by Gasteiger charge is -2.16. The molecule has 112 valence electrons. The van der Waals surface area contributed by atoms with Crippen LogP contribution in [0.15, 0.2) is 18.2 Å². The molecule has 5 nitrogen and oxygen atoms in total. The first-order chi connectivity index (χ1) is 9.54. The van der Waals surface area contributed by atoms with Crippen LogP contribution in [-0.2, 0) is 9.53 Å². The second-order valence-electron chi connectivity index (χ2n) is 4.83. The van der Waals surface area contributed by atoms with E-state index in [1.54, 1.807) is 13.2 Å². The van der Waals surface area contributed by atoms with Crippen molar-refractivity contribution in [2.24, 2.45) is 0 Å². The van der Waals surface area contributed by atoms with E-state index < -0.39 is 0 Å². The summed E-state index contributed by atoms with van der Waals surface area (Å²) in [6.07, 6.45) is 0.403. The molecule has 0 spiro atoms. The van der Waals surface area contributed by atoms with Gasteiger partial charge in [0.1, 0.15) is 5.75 Å². The van der Waals surface area contributed by atoms with Crippen LogP contribution in [0.4, 0.5) is 0 Å². The number of hydrogen-bond acceptors (Lipinski definition) is 4. The summed E-state index contributed by atoms with van der Waals surface area (Å²) >= 11 is 0. The van der Waals surface area contributed by atoms with Crippen molar-refractivity contribution in [3.05, 3.63) is 29.3 Å². The van der Waals surface area contributed by atoms with Gasteiger partial charge in [0.2, 0.25) is 5.91 Å². The second-order valence-corrected chi connectivity index (χ2v) is 4.83. The van der Waals surface area contributed by atoms with Crippen molar-refractivity contribution in [3.63, 3.8) is 0 Å². The van der Waals surface area contributed by atoms with E-state index in [1.807, 2.05) is 26.0 Å². The van der Waals surface area contributed by atoms with Crippen LogP contribution in [0.1, 0.15) is 30.5 Å². The van der Waals surface area contributed by atoms with Crippen molar-refractivity contribution in [2.75, 3.05) is 26.8 Å². The van der Waals surface area contributed by atoms with Gasteiger partial charge in [-0.25, -0.2) is 0 Å². The Hall–Kier alpha value is -1.59. The molecule has 1 aromatic carbocycles. The van der Waals surface area contributed by atoms with Gasteiger partial charge in [0, 0.05) is 38.2 Å². The van der Waals surface area contributed by atoms with E-state index in [2.05, 4.69) is 10.6 Å². The molecular weight excluding hydrogens is 256 g/mol. The third-order valence-corrected chi connectivity index (χ3v) is 3.08. The van der Waals surface area contributed by atoms with E-state index in [4.69, 9.17) is 4.74 Å². The third kappa shape index (κ3) is 5.59. The Bertz CT molecular complexity index is 435. The fourth-order valence-electron chi connectivity index (χ4n) is 1.91. The fourth-order valence-corrected chi connectivity index (χ4v) is 1.91. The Labute approximate surface area is 120 Å². The van der Waals surface area contributed by atoms with Gasteiger partial charge in [0.25, 0.3) is 0 Å². The molecule has 0 saturated heterocycles. The highest BCUT2D eigenvalue weighted by molar-refractivity contribution is 5.76. The molecule has 5 heteroatoms. The second kappa shape index (κ2) is 8.55. The smallest absolute Gasteiger partial charge is 0.221 e. The highest BCUT2D eigenvalue weighted by Gasteiger charge is 2.10. The minimum atomic E-state index is -0.00474. The normalized spacial score (nSPS) is 12.2. The van der Waals surface area contributed by atoms with Gasteiger partial charge in [0.15, 0.2) is 0 Å². The summed E-state index contributed by atoms with van der Waals surface area (Å²) in [6.45, 7) is 5.52. The number of ether oxygens (including phenoxy) is 1. The fraction of sp³-hybridized carbons (Fsp3) is 0.533. The molecule has 0 aliphatic rings. The summed E-state index contributed by atoms with van der Waals surface area (Å²) in [5.74, 6) is 0.282. The van der Waals surface area contributed by atoms with Gasteiger partial charge in [0.05, 0.1) is 6.61 Å². The lowest BCUT2D eigenvalue weighted by molar-refractivity contribution is -0.121.